The summed E-state index contributed by atoms with van der Waals surface area (Å²) in [6.45, 7) is 4.16. The summed E-state index contributed by atoms with van der Waals surface area (Å²) in [6.07, 6.45) is 1.76. The molecule has 5 heteroatoms. The van der Waals surface area contributed by atoms with Crippen molar-refractivity contribution in [2.45, 2.75) is 20.0 Å². The first-order valence-electron chi connectivity index (χ1n) is 6.13. The van der Waals surface area contributed by atoms with E-state index in [2.05, 4.69) is 9.88 Å². The molecular formula is C14H16N2O3. The lowest BCUT2D eigenvalue weighted by Gasteiger charge is -2.18. The van der Waals surface area contributed by atoms with Crippen molar-refractivity contribution in [2.75, 3.05) is 6.54 Å². The number of rotatable bonds is 6. The summed E-state index contributed by atoms with van der Waals surface area (Å²) in [5.74, 6) is -0.418. The van der Waals surface area contributed by atoms with E-state index in [0.717, 1.165) is 12.2 Å². The van der Waals surface area contributed by atoms with Gasteiger partial charge in [-0.15, -0.1) is 0 Å². The van der Waals surface area contributed by atoms with Gasteiger partial charge in [0.05, 0.1) is 12.2 Å². The minimum Gasteiger partial charge on any atom is -0.475 e. The van der Waals surface area contributed by atoms with Crippen LogP contribution in [0.5, 0.6) is 0 Å². The molecular weight excluding hydrogens is 244 g/mol. The molecule has 0 saturated heterocycles. The van der Waals surface area contributed by atoms with Gasteiger partial charge in [-0.25, -0.2) is 4.79 Å². The van der Waals surface area contributed by atoms with E-state index in [1.165, 1.54) is 6.07 Å². The maximum absolute atomic E-state index is 10.7. The Balaban J connectivity index is 2.00. The van der Waals surface area contributed by atoms with Crippen LogP contribution in [0.3, 0.4) is 0 Å². The van der Waals surface area contributed by atoms with Gasteiger partial charge in [-0.3, -0.25) is 9.88 Å². The number of carboxylic acids is 1. The normalized spacial score (nSPS) is 10.8. The average Bonchev–Trinajstić information content (AvgIpc) is 2.88. The van der Waals surface area contributed by atoms with Crippen LogP contribution >= 0.6 is 0 Å². The highest BCUT2D eigenvalue weighted by Gasteiger charge is 2.12. The van der Waals surface area contributed by atoms with Gasteiger partial charge in [0.2, 0.25) is 5.76 Å². The van der Waals surface area contributed by atoms with E-state index in [9.17, 15) is 4.79 Å². The fourth-order valence-corrected chi connectivity index (χ4v) is 1.80. The molecule has 0 saturated carbocycles. The summed E-state index contributed by atoms with van der Waals surface area (Å²) >= 11 is 0. The van der Waals surface area contributed by atoms with Crippen molar-refractivity contribution in [3.63, 3.8) is 0 Å². The highest BCUT2D eigenvalue weighted by atomic mass is 16.4. The van der Waals surface area contributed by atoms with Crippen molar-refractivity contribution < 1.29 is 14.3 Å². The van der Waals surface area contributed by atoms with Crippen LogP contribution < -0.4 is 0 Å². The van der Waals surface area contributed by atoms with Gasteiger partial charge in [0.1, 0.15) is 5.76 Å². The van der Waals surface area contributed by atoms with E-state index in [1.54, 1.807) is 12.3 Å². The van der Waals surface area contributed by atoms with Gasteiger partial charge in [-0.05, 0) is 30.8 Å². The zero-order valence-electron chi connectivity index (χ0n) is 10.7. The number of furan rings is 1. The first kappa shape index (κ1) is 13.3. The van der Waals surface area contributed by atoms with Crippen LogP contribution in [0.15, 0.2) is 40.9 Å². The first-order chi connectivity index (χ1) is 9.19. The van der Waals surface area contributed by atoms with Crippen molar-refractivity contribution in [3.05, 3.63) is 53.7 Å². The van der Waals surface area contributed by atoms with Crippen LogP contribution in [0.25, 0.3) is 0 Å². The number of carboxylic acid groups (broad SMARTS) is 1. The second kappa shape index (κ2) is 6.15. The second-order valence-electron chi connectivity index (χ2n) is 4.20. The van der Waals surface area contributed by atoms with E-state index < -0.39 is 5.97 Å². The van der Waals surface area contributed by atoms with Gasteiger partial charge in [0.25, 0.3) is 0 Å². The molecule has 2 heterocycles. The fourth-order valence-electron chi connectivity index (χ4n) is 1.80. The minimum absolute atomic E-state index is 0.0242. The summed E-state index contributed by atoms with van der Waals surface area (Å²) < 4.78 is 5.25. The summed E-state index contributed by atoms with van der Waals surface area (Å²) in [5.41, 5.74) is 0.981. The summed E-state index contributed by atoms with van der Waals surface area (Å²) in [7, 11) is 0. The van der Waals surface area contributed by atoms with Gasteiger partial charge in [0, 0.05) is 12.7 Å². The van der Waals surface area contributed by atoms with Crippen LogP contribution in [0.2, 0.25) is 0 Å². The third-order valence-corrected chi connectivity index (χ3v) is 2.81. The van der Waals surface area contributed by atoms with Crippen LogP contribution in [-0.4, -0.2) is 27.5 Å². The molecule has 0 spiro atoms. The van der Waals surface area contributed by atoms with Gasteiger partial charge < -0.3 is 9.52 Å². The molecule has 1 N–H and O–H groups in total. The third kappa shape index (κ3) is 3.66. The highest BCUT2D eigenvalue weighted by molar-refractivity contribution is 5.84. The van der Waals surface area contributed by atoms with Crippen LogP contribution in [0, 0.1) is 0 Å². The maximum atomic E-state index is 10.7. The fraction of sp³-hybridized carbons (Fsp3) is 0.286. The summed E-state index contributed by atoms with van der Waals surface area (Å²) in [5, 5.41) is 8.81. The molecule has 0 aliphatic rings. The van der Waals surface area contributed by atoms with Crippen LogP contribution in [0.4, 0.5) is 0 Å². The second-order valence-corrected chi connectivity index (χ2v) is 4.20. The van der Waals surface area contributed by atoms with E-state index >= 15 is 0 Å². The van der Waals surface area contributed by atoms with Gasteiger partial charge >= 0.3 is 5.97 Å². The number of hydrogen-bond acceptors (Lipinski definition) is 4. The van der Waals surface area contributed by atoms with Gasteiger partial charge in [-0.2, -0.15) is 0 Å². The first-order valence-corrected chi connectivity index (χ1v) is 6.13. The molecule has 0 atom stereocenters. The SMILES string of the molecule is CCN(Cc1ccccn1)Cc1ccc(C(=O)O)o1. The lowest BCUT2D eigenvalue weighted by molar-refractivity contribution is 0.0658. The molecule has 2 aromatic heterocycles. The number of nitrogens with zero attached hydrogens (tertiary/aromatic N) is 2. The highest BCUT2D eigenvalue weighted by Crippen LogP contribution is 2.12. The molecule has 100 valence electrons. The average molecular weight is 260 g/mol. The maximum Gasteiger partial charge on any atom is 0.371 e. The summed E-state index contributed by atoms with van der Waals surface area (Å²) in [4.78, 5) is 17.2. The zero-order valence-corrected chi connectivity index (χ0v) is 10.7. The van der Waals surface area contributed by atoms with Crippen molar-refractivity contribution in [2.24, 2.45) is 0 Å². The molecule has 2 aromatic rings. The number of aromatic nitrogens is 1. The van der Waals surface area contributed by atoms with Crippen molar-refractivity contribution in [1.29, 1.82) is 0 Å². The summed E-state index contributed by atoms with van der Waals surface area (Å²) in [6, 6.07) is 8.97. The monoisotopic (exact) mass is 260 g/mol. The Hall–Kier alpha value is -2.14. The molecule has 5 nitrogen and oxygen atoms in total. The Morgan fingerprint density at radius 3 is 2.74 bits per heavy atom. The van der Waals surface area contributed by atoms with Gasteiger partial charge in [0.15, 0.2) is 0 Å². The topological polar surface area (TPSA) is 66.6 Å². The Bertz CT molecular complexity index is 537. The number of hydrogen-bond donors (Lipinski definition) is 1. The Labute approximate surface area is 111 Å². The molecule has 0 aliphatic heterocycles. The Morgan fingerprint density at radius 1 is 1.32 bits per heavy atom. The molecule has 19 heavy (non-hydrogen) atoms. The number of carbonyl (C=O) groups is 1. The Morgan fingerprint density at radius 2 is 2.16 bits per heavy atom. The third-order valence-electron chi connectivity index (χ3n) is 2.81. The number of aromatic carboxylic acids is 1. The van der Waals surface area contributed by atoms with Crippen molar-refractivity contribution in [1.82, 2.24) is 9.88 Å². The molecule has 0 radical (unpaired) electrons. The molecule has 0 unspecified atom stereocenters. The minimum atomic E-state index is -1.04. The molecule has 0 aliphatic carbocycles. The van der Waals surface area contributed by atoms with Gasteiger partial charge in [-0.1, -0.05) is 13.0 Å². The lowest BCUT2D eigenvalue weighted by atomic mass is 10.3. The smallest absolute Gasteiger partial charge is 0.371 e. The van der Waals surface area contributed by atoms with E-state index in [1.807, 2.05) is 25.1 Å². The van der Waals surface area contributed by atoms with Crippen LogP contribution in [-0.2, 0) is 13.1 Å². The predicted molar refractivity (Wildman–Crippen MR) is 69.7 cm³/mol. The van der Waals surface area contributed by atoms with E-state index in [-0.39, 0.29) is 5.76 Å². The predicted octanol–water partition coefficient (Wildman–Crippen LogP) is 2.39. The van der Waals surface area contributed by atoms with E-state index in [4.69, 9.17) is 9.52 Å². The largest absolute Gasteiger partial charge is 0.475 e. The molecule has 2 rings (SSSR count). The molecule has 0 bridgehead atoms. The van der Waals surface area contributed by atoms with Crippen molar-refractivity contribution >= 4 is 5.97 Å². The lowest BCUT2D eigenvalue weighted by Crippen LogP contribution is -2.22. The molecule has 0 aromatic carbocycles. The molecule has 0 amide bonds. The number of pyridine rings is 1. The zero-order chi connectivity index (χ0) is 13.7. The van der Waals surface area contributed by atoms with E-state index in [0.29, 0.717) is 18.8 Å². The quantitative estimate of drug-likeness (QED) is 0.863. The standard InChI is InChI=1S/C14H16N2O3/c1-2-16(9-11-5-3-4-8-15-11)10-12-6-7-13(19-12)14(17)18/h3-8H,2,9-10H2,1H3,(H,17,18). The van der Waals surface area contributed by atoms with Crippen LogP contribution in [0.1, 0.15) is 28.9 Å². The Kier molecular flexibility index (Phi) is 4.30. The van der Waals surface area contributed by atoms with Crippen molar-refractivity contribution in [3.8, 4) is 0 Å². The molecule has 0 fully saturated rings.